The molecular weight excluding hydrogens is 350 g/mol. The first-order chi connectivity index (χ1) is 13.7. The highest BCUT2D eigenvalue weighted by Crippen LogP contribution is 2.37. The van der Waals surface area contributed by atoms with Gasteiger partial charge in [-0.1, -0.05) is 91.0 Å². The summed E-state index contributed by atoms with van der Waals surface area (Å²) in [7, 11) is 0. The number of nitrogens with one attached hydrogen (secondary N) is 1. The lowest BCUT2D eigenvalue weighted by atomic mass is 9.76. The van der Waals surface area contributed by atoms with Crippen molar-refractivity contribution in [2.45, 2.75) is 18.5 Å². The van der Waals surface area contributed by atoms with Gasteiger partial charge >= 0.3 is 5.97 Å². The summed E-state index contributed by atoms with van der Waals surface area (Å²) >= 11 is 0. The predicted molar refractivity (Wildman–Crippen MR) is 110 cm³/mol. The molecule has 0 radical (unpaired) electrons. The zero-order valence-corrected chi connectivity index (χ0v) is 15.9. The lowest BCUT2D eigenvalue weighted by molar-refractivity contribution is -0.147. The van der Waals surface area contributed by atoms with Gasteiger partial charge in [-0.15, -0.1) is 0 Å². The van der Waals surface area contributed by atoms with Crippen LogP contribution in [0.25, 0.3) is 0 Å². The Morgan fingerprint density at radius 2 is 1.25 bits per heavy atom. The molecule has 0 fully saturated rings. The minimum Gasteiger partial charge on any atom is -0.465 e. The van der Waals surface area contributed by atoms with Crippen LogP contribution in [-0.2, 0) is 15.1 Å². The second kappa shape index (κ2) is 9.31. The molecule has 1 atom stereocenters. The van der Waals surface area contributed by atoms with Crippen LogP contribution in [-0.4, -0.2) is 30.3 Å². The number of hydrogen-bond acceptors (Lipinski definition) is 4. The molecule has 0 aliphatic rings. The molecule has 0 unspecified atom stereocenters. The number of esters is 1. The molecule has 0 spiro atoms. The summed E-state index contributed by atoms with van der Waals surface area (Å²) in [6.45, 7) is 1.64. The van der Waals surface area contributed by atoms with E-state index < -0.39 is 17.6 Å². The van der Waals surface area contributed by atoms with Gasteiger partial charge < -0.3 is 9.84 Å². The first kappa shape index (κ1) is 19.8. The SMILES string of the molecule is CCOC(=O)[C@@H](CO)NC(c1ccccc1)(c1ccccc1)c1ccccc1. The molecule has 4 heteroatoms. The van der Waals surface area contributed by atoms with Gasteiger partial charge in [0.2, 0.25) is 0 Å². The highest BCUT2D eigenvalue weighted by Gasteiger charge is 2.39. The highest BCUT2D eigenvalue weighted by atomic mass is 16.5. The Bertz CT molecular complexity index is 769. The third-order valence-electron chi connectivity index (χ3n) is 4.76. The fraction of sp³-hybridized carbons (Fsp3) is 0.208. The lowest BCUT2D eigenvalue weighted by Crippen LogP contribution is -2.54. The smallest absolute Gasteiger partial charge is 0.325 e. The summed E-state index contributed by atoms with van der Waals surface area (Å²) in [6, 6.07) is 28.9. The standard InChI is InChI=1S/C24H25NO3/c1-2-28-23(27)22(18-26)25-24(19-12-6-3-7-13-19,20-14-8-4-9-15-20)21-16-10-5-11-17-21/h3-17,22,25-26H,2,18H2,1H3/t22-/m1/s1. The van der Waals surface area contributed by atoms with Crippen LogP contribution in [0.5, 0.6) is 0 Å². The molecule has 144 valence electrons. The Kier molecular flexibility index (Phi) is 6.58. The van der Waals surface area contributed by atoms with E-state index in [9.17, 15) is 9.90 Å². The maximum absolute atomic E-state index is 12.5. The number of carbonyl (C=O) groups excluding carboxylic acids is 1. The molecule has 28 heavy (non-hydrogen) atoms. The van der Waals surface area contributed by atoms with E-state index in [1.54, 1.807) is 6.92 Å². The van der Waals surface area contributed by atoms with Crippen molar-refractivity contribution in [2.75, 3.05) is 13.2 Å². The fourth-order valence-electron chi connectivity index (χ4n) is 3.50. The Balaban J connectivity index is 2.23. The van der Waals surface area contributed by atoms with Crippen molar-refractivity contribution in [1.82, 2.24) is 5.32 Å². The Morgan fingerprint density at radius 3 is 1.57 bits per heavy atom. The maximum atomic E-state index is 12.5. The Labute approximate surface area is 165 Å². The van der Waals surface area contributed by atoms with Crippen LogP contribution >= 0.6 is 0 Å². The third-order valence-corrected chi connectivity index (χ3v) is 4.76. The molecule has 2 N–H and O–H groups in total. The summed E-state index contributed by atoms with van der Waals surface area (Å²) in [4.78, 5) is 12.5. The molecule has 0 amide bonds. The van der Waals surface area contributed by atoms with Gasteiger partial charge in [0.15, 0.2) is 0 Å². The van der Waals surface area contributed by atoms with Crippen molar-refractivity contribution < 1.29 is 14.6 Å². The normalized spacial score (nSPS) is 12.4. The van der Waals surface area contributed by atoms with Gasteiger partial charge in [0, 0.05) is 0 Å². The first-order valence-corrected chi connectivity index (χ1v) is 9.44. The summed E-state index contributed by atoms with van der Waals surface area (Å²) in [5.41, 5.74) is 2.07. The van der Waals surface area contributed by atoms with Gasteiger partial charge in [-0.3, -0.25) is 10.1 Å². The van der Waals surface area contributed by atoms with Crippen molar-refractivity contribution in [1.29, 1.82) is 0 Å². The number of rotatable bonds is 8. The molecule has 3 rings (SSSR count). The van der Waals surface area contributed by atoms with Gasteiger partial charge in [-0.2, -0.15) is 0 Å². The van der Waals surface area contributed by atoms with Crippen LogP contribution in [0.3, 0.4) is 0 Å². The third kappa shape index (κ3) is 3.98. The zero-order chi connectivity index (χ0) is 19.8. The van der Waals surface area contributed by atoms with Gasteiger partial charge in [-0.05, 0) is 23.6 Å². The number of carbonyl (C=O) groups is 1. The molecule has 0 aliphatic carbocycles. The monoisotopic (exact) mass is 375 g/mol. The molecule has 0 saturated heterocycles. The van der Waals surface area contributed by atoms with Crippen LogP contribution in [0.2, 0.25) is 0 Å². The van der Waals surface area contributed by atoms with Crippen molar-refractivity contribution in [2.24, 2.45) is 0 Å². The van der Waals surface area contributed by atoms with E-state index in [1.807, 2.05) is 91.0 Å². The molecule has 3 aromatic rings. The van der Waals surface area contributed by atoms with E-state index in [0.717, 1.165) is 16.7 Å². The maximum Gasteiger partial charge on any atom is 0.325 e. The number of ether oxygens (including phenoxy) is 1. The minimum absolute atomic E-state index is 0.256. The highest BCUT2D eigenvalue weighted by molar-refractivity contribution is 5.76. The van der Waals surface area contributed by atoms with E-state index in [1.165, 1.54) is 0 Å². The minimum atomic E-state index is -0.874. The second-order valence-corrected chi connectivity index (χ2v) is 6.48. The summed E-state index contributed by atoms with van der Waals surface area (Å²) in [5.74, 6) is -0.475. The molecule has 4 nitrogen and oxygen atoms in total. The second-order valence-electron chi connectivity index (χ2n) is 6.48. The predicted octanol–water partition coefficient (Wildman–Crippen LogP) is 3.49. The molecule has 0 saturated carbocycles. The molecule has 0 aromatic heterocycles. The van der Waals surface area contributed by atoms with Gasteiger partial charge in [0.25, 0.3) is 0 Å². The summed E-state index contributed by atoms with van der Waals surface area (Å²) in [6.07, 6.45) is 0. The van der Waals surface area contributed by atoms with Crippen LogP contribution in [0.1, 0.15) is 23.6 Å². The Hall–Kier alpha value is -2.95. The van der Waals surface area contributed by atoms with Crippen LogP contribution < -0.4 is 5.32 Å². The van der Waals surface area contributed by atoms with Gasteiger partial charge in [0.1, 0.15) is 6.04 Å². The van der Waals surface area contributed by atoms with Gasteiger partial charge in [-0.25, -0.2) is 0 Å². The van der Waals surface area contributed by atoms with Crippen LogP contribution in [0, 0.1) is 0 Å². The van der Waals surface area contributed by atoms with Crippen LogP contribution in [0.4, 0.5) is 0 Å². The number of aliphatic hydroxyl groups excluding tert-OH is 1. The lowest BCUT2D eigenvalue weighted by Gasteiger charge is -2.39. The van der Waals surface area contributed by atoms with E-state index in [-0.39, 0.29) is 13.2 Å². The van der Waals surface area contributed by atoms with Gasteiger partial charge in [0.05, 0.1) is 18.8 Å². The first-order valence-electron chi connectivity index (χ1n) is 9.44. The van der Waals surface area contributed by atoms with E-state index in [4.69, 9.17) is 4.74 Å². The molecular formula is C24H25NO3. The van der Waals surface area contributed by atoms with Crippen LogP contribution in [0.15, 0.2) is 91.0 Å². The van der Waals surface area contributed by atoms with E-state index >= 15 is 0 Å². The number of hydrogen-bond donors (Lipinski definition) is 2. The average molecular weight is 375 g/mol. The molecule has 0 heterocycles. The average Bonchev–Trinajstić information content (AvgIpc) is 2.77. The topological polar surface area (TPSA) is 58.6 Å². The fourth-order valence-corrected chi connectivity index (χ4v) is 3.50. The molecule has 0 bridgehead atoms. The zero-order valence-electron chi connectivity index (χ0n) is 15.9. The van der Waals surface area contributed by atoms with Crippen molar-refractivity contribution in [3.63, 3.8) is 0 Å². The molecule has 3 aromatic carbocycles. The largest absolute Gasteiger partial charge is 0.465 e. The summed E-state index contributed by atoms with van der Waals surface area (Å²) < 4.78 is 5.19. The Morgan fingerprint density at radius 1 is 0.857 bits per heavy atom. The quantitative estimate of drug-likeness (QED) is 0.467. The van der Waals surface area contributed by atoms with E-state index in [2.05, 4.69) is 5.32 Å². The molecule has 0 aliphatic heterocycles. The van der Waals surface area contributed by atoms with Crippen molar-refractivity contribution in [3.05, 3.63) is 108 Å². The van der Waals surface area contributed by atoms with Crippen molar-refractivity contribution in [3.8, 4) is 0 Å². The number of aliphatic hydroxyl groups is 1. The summed E-state index contributed by atoms with van der Waals surface area (Å²) in [5, 5.41) is 13.4. The van der Waals surface area contributed by atoms with Crippen molar-refractivity contribution >= 4 is 5.97 Å². The van der Waals surface area contributed by atoms with E-state index in [0.29, 0.717) is 0 Å². The number of benzene rings is 3.